The van der Waals surface area contributed by atoms with Gasteiger partial charge in [-0.15, -0.1) is 15.3 Å². The van der Waals surface area contributed by atoms with Crippen LogP contribution in [0.25, 0.3) is 5.65 Å². The summed E-state index contributed by atoms with van der Waals surface area (Å²) in [6.45, 7) is 5.95. The van der Waals surface area contributed by atoms with Gasteiger partial charge in [-0.05, 0) is 37.6 Å². The molecule has 0 aromatic carbocycles. The molecule has 0 amide bonds. The first kappa shape index (κ1) is 14.4. The van der Waals surface area contributed by atoms with E-state index >= 15 is 0 Å². The Balaban J connectivity index is 1.80. The van der Waals surface area contributed by atoms with Gasteiger partial charge in [0.25, 0.3) is 0 Å². The predicted octanol–water partition coefficient (Wildman–Crippen LogP) is 2.29. The molecular formula is C16H20N6. The van der Waals surface area contributed by atoms with Crippen molar-refractivity contribution >= 4 is 11.5 Å². The molecule has 0 fully saturated rings. The van der Waals surface area contributed by atoms with Gasteiger partial charge in [0, 0.05) is 31.4 Å². The Kier molecular flexibility index (Phi) is 4.27. The summed E-state index contributed by atoms with van der Waals surface area (Å²) in [6, 6.07) is 10.0. The fourth-order valence-corrected chi connectivity index (χ4v) is 2.46. The largest absolute Gasteiger partial charge is 0.355 e. The third-order valence-electron chi connectivity index (χ3n) is 3.59. The maximum Gasteiger partial charge on any atom is 0.178 e. The number of hydrogen-bond donors (Lipinski definition) is 0. The zero-order valence-electron chi connectivity index (χ0n) is 13.0. The van der Waals surface area contributed by atoms with Crippen LogP contribution in [-0.2, 0) is 6.42 Å². The Morgan fingerprint density at radius 3 is 2.77 bits per heavy atom. The van der Waals surface area contributed by atoms with Gasteiger partial charge in [0.2, 0.25) is 0 Å². The van der Waals surface area contributed by atoms with Gasteiger partial charge in [0.15, 0.2) is 11.5 Å². The molecule has 22 heavy (non-hydrogen) atoms. The molecule has 6 heteroatoms. The Morgan fingerprint density at radius 2 is 2.00 bits per heavy atom. The maximum atomic E-state index is 4.66. The van der Waals surface area contributed by atoms with Gasteiger partial charge in [-0.3, -0.25) is 4.98 Å². The van der Waals surface area contributed by atoms with Gasteiger partial charge >= 0.3 is 0 Å². The van der Waals surface area contributed by atoms with Crippen molar-refractivity contribution in [2.75, 3.05) is 18.0 Å². The van der Waals surface area contributed by atoms with E-state index in [1.807, 2.05) is 37.4 Å². The van der Waals surface area contributed by atoms with Crippen molar-refractivity contribution in [3.05, 3.63) is 48.0 Å². The van der Waals surface area contributed by atoms with Crippen molar-refractivity contribution in [2.45, 2.75) is 26.7 Å². The minimum atomic E-state index is 0.780. The molecule has 0 aliphatic rings. The van der Waals surface area contributed by atoms with Gasteiger partial charge in [-0.1, -0.05) is 13.0 Å². The van der Waals surface area contributed by atoms with Crippen molar-refractivity contribution < 1.29 is 0 Å². The zero-order valence-corrected chi connectivity index (χ0v) is 13.0. The van der Waals surface area contributed by atoms with E-state index in [1.54, 1.807) is 4.52 Å². The maximum absolute atomic E-state index is 4.66. The average molecular weight is 296 g/mol. The minimum absolute atomic E-state index is 0.780. The van der Waals surface area contributed by atoms with Gasteiger partial charge in [0.05, 0.1) is 0 Å². The SMILES string of the molecule is CCCN(CCc1ccccn1)c1ccc2nnc(C)n2n1. The topological polar surface area (TPSA) is 59.2 Å². The fourth-order valence-electron chi connectivity index (χ4n) is 2.46. The second kappa shape index (κ2) is 6.51. The number of aryl methyl sites for hydroxylation is 1. The Labute approximate surface area is 129 Å². The molecule has 3 heterocycles. The Bertz CT molecular complexity index is 737. The third-order valence-corrected chi connectivity index (χ3v) is 3.59. The lowest BCUT2D eigenvalue weighted by Crippen LogP contribution is -2.28. The van der Waals surface area contributed by atoms with Crippen molar-refractivity contribution in [1.29, 1.82) is 0 Å². The highest BCUT2D eigenvalue weighted by molar-refractivity contribution is 5.45. The molecule has 114 valence electrons. The summed E-state index contributed by atoms with van der Waals surface area (Å²) < 4.78 is 1.79. The van der Waals surface area contributed by atoms with Gasteiger partial charge in [-0.2, -0.15) is 4.52 Å². The molecular weight excluding hydrogens is 276 g/mol. The summed E-state index contributed by atoms with van der Waals surface area (Å²) in [6.07, 6.45) is 3.81. The number of hydrogen-bond acceptors (Lipinski definition) is 5. The molecule has 0 N–H and O–H groups in total. The first-order valence-electron chi connectivity index (χ1n) is 7.62. The van der Waals surface area contributed by atoms with Gasteiger partial charge in [0.1, 0.15) is 5.82 Å². The van der Waals surface area contributed by atoms with Crippen molar-refractivity contribution in [3.8, 4) is 0 Å². The Hall–Kier alpha value is -2.50. The number of pyridine rings is 1. The molecule has 0 spiro atoms. The van der Waals surface area contributed by atoms with E-state index in [9.17, 15) is 0 Å². The summed E-state index contributed by atoms with van der Waals surface area (Å²) in [5, 5.41) is 12.8. The predicted molar refractivity (Wildman–Crippen MR) is 86.0 cm³/mol. The fraction of sp³-hybridized carbons (Fsp3) is 0.375. The summed E-state index contributed by atoms with van der Waals surface area (Å²) in [7, 11) is 0. The van der Waals surface area contributed by atoms with Crippen LogP contribution in [-0.4, -0.2) is 37.9 Å². The minimum Gasteiger partial charge on any atom is -0.355 e. The van der Waals surface area contributed by atoms with Crippen LogP contribution >= 0.6 is 0 Å². The first-order valence-corrected chi connectivity index (χ1v) is 7.62. The molecule has 0 saturated carbocycles. The molecule has 0 atom stereocenters. The van der Waals surface area contributed by atoms with E-state index in [2.05, 4.69) is 38.2 Å². The van der Waals surface area contributed by atoms with E-state index < -0.39 is 0 Å². The number of anilines is 1. The standard InChI is InChI=1S/C16H20N6/c1-3-11-21(12-9-14-6-4-5-10-17-14)16-8-7-15-19-18-13(2)22(15)20-16/h4-8,10H,3,9,11-12H2,1-2H3. The van der Waals surface area contributed by atoms with Crippen molar-refractivity contribution in [3.63, 3.8) is 0 Å². The number of aromatic nitrogens is 5. The lowest BCUT2D eigenvalue weighted by Gasteiger charge is -2.22. The number of nitrogens with zero attached hydrogens (tertiary/aromatic N) is 6. The Morgan fingerprint density at radius 1 is 1.09 bits per heavy atom. The van der Waals surface area contributed by atoms with Crippen molar-refractivity contribution in [1.82, 2.24) is 24.8 Å². The molecule has 0 unspecified atom stereocenters. The smallest absolute Gasteiger partial charge is 0.178 e. The highest BCUT2D eigenvalue weighted by Gasteiger charge is 2.10. The average Bonchev–Trinajstić information content (AvgIpc) is 2.93. The highest BCUT2D eigenvalue weighted by Crippen LogP contribution is 2.13. The summed E-state index contributed by atoms with van der Waals surface area (Å²) in [5.41, 5.74) is 1.88. The molecule has 0 bridgehead atoms. The molecule has 6 nitrogen and oxygen atoms in total. The second-order valence-corrected chi connectivity index (χ2v) is 5.27. The van der Waals surface area contributed by atoms with Crippen LogP contribution in [0.5, 0.6) is 0 Å². The van der Waals surface area contributed by atoms with Crippen LogP contribution in [0.1, 0.15) is 24.9 Å². The summed E-state index contributed by atoms with van der Waals surface area (Å²) in [5.74, 6) is 1.76. The molecule has 0 radical (unpaired) electrons. The monoisotopic (exact) mass is 296 g/mol. The van der Waals surface area contributed by atoms with Gasteiger partial charge < -0.3 is 4.90 Å². The molecule has 3 aromatic heterocycles. The molecule has 3 aromatic rings. The lowest BCUT2D eigenvalue weighted by molar-refractivity contribution is 0.720. The van der Waals surface area contributed by atoms with Crippen LogP contribution in [0.15, 0.2) is 36.5 Å². The summed E-state index contributed by atoms with van der Waals surface area (Å²) >= 11 is 0. The first-order chi connectivity index (χ1) is 10.8. The van der Waals surface area contributed by atoms with E-state index in [0.29, 0.717) is 0 Å². The van der Waals surface area contributed by atoms with Crippen LogP contribution in [0.4, 0.5) is 5.82 Å². The van der Waals surface area contributed by atoms with E-state index in [-0.39, 0.29) is 0 Å². The number of fused-ring (bicyclic) bond motifs is 1. The molecule has 0 saturated heterocycles. The normalized spacial score (nSPS) is 11.0. The van der Waals surface area contributed by atoms with Crippen LogP contribution in [0, 0.1) is 6.92 Å². The van der Waals surface area contributed by atoms with Crippen molar-refractivity contribution in [2.24, 2.45) is 0 Å². The zero-order chi connectivity index (χ0) is 15.4. The van der Waals surface area contributed by atoms with E-state index in [4.69, 9.17) is 0 Å². The highest BCUT2D eigenvalue weighted by atomic mass is 15.4. The van der Waals surface area contributed by atoms with Crippen LogP contribution < -0.4 is 4.90 Å². The molecule has 0 aliphatic carbocycles. The number of rotatable bonds is 6. The quantitative estimate of drug-likeness (QED) is 0.698. The third kappa shape index (κ3) is 3.05. The van der Waals surface area contributed by atoms with Crippen LogP contribution in [0.3, 0.4) is 0 Å². The molecule has 3 rings (SSSR count). The lowest BCUT2D eigenvalue weighted by atomic mass is 10.2. The molecule has 0 aliphatic heterocycles. The van der Waals surface area contributed by atoms with E-state index in [1.165, 1.54) is 0 Å². The summed E-state index contributed by atoms with van der Waals surface area (Å²) in [4.78, 5) is 6.67. The van der Waals surface area contributed by atoms with Gasteiger partial charge in [-0.25, -0.2) is 0 Å². The van der Waals surface area contributed by atoms with Crippen LogP contribution in [0.2, 0.25) is 0 Å². The van der Waals surface area contributed by atoms with E-state index in [0.717, 1.165) is 48.9 Å². The second-order valence-electron chi connectivity index (χ2n) is 5.27.